The second-order valence-electron chi connectivity index (χ2n) is 6.56. The summed E-state index contributed by atoms with van der Waals surface area (Å²) in [6.45, 7) is 1.10. The fraction of sp³-hybridized carbons (Fsp3) is 0.400. The molecule has 1 heterocycles. The molecule has 0 saturated heterocycles. The third kappa shape index (κ3) is 2.63. The summed E-state index contributed by atoms with van der Waals surface area (Å²) < 4.78 is 10.8. The van der Waals surface area contributed by atoms with E-state index in [1.807, 2.05) is 6.08 Å². The molecule has 0 bridgehead atoms. The maximum Gasteiger partial charge on any atom is 0.189 e. The number of rotatable bonds is 3. The smallest absolute Gasteiger partial charge is 0.189 e. The van der Waals surface area contributed by atoms with Crippen molar-refractivity contribution in [3.05, 3.63) is 35.4 Å². The number of methoxy groups -OCH3 is 2. The van der Waals surface area contributed by atoms with Crippen molar-refractivity contribution in [1.29, 1.82) is 21.2 Å². The van der Waals surface area contributed by atoms with Gasteiger partial charge in [-0.3, -0.25) is 0 Å². The highest BCUT2D eigenvalue weighted by molar-refractivity contribution is 6.01. The molecule has 0 spiro atoms. The topological polar surface area (TPSA) is 126 Å². The van der Waals surface area contributed by atoms with E-state index in [4.69, 9.17) is 14.9 Å². The number of nitrogens with zero attached hydrogens (tertiary/aromatic N) is 3. The third-order valence-corrected chi connectivity index (χ3v) is 5.44. The fourth-order valence-corrected chi connectivity index (χ4v) is 4.16. The van der Waals surface area contributed by atoms with E-state index >= 15 is 0 Å². The fourth-order valence-electron chi connectivity index (χ4n) is 4.16. The predicted molar refractivity (Wildman–Crippen MR) is 97.2 cm³/mol. The van der Waals surface area contributed by atoms with Gasteiger partial charge in [0, 0.05) is 30.5 Å². The largest absolute Gasteiger partial charge is 0.497 e. The number of fused-ring (bicyclic) bond motifs is 1. The SMILES string of the molecule is COc1ccc(OC)c([C@H]2[C@H]3CNCC=C3[C@@H](C#N)C(=N)C2(C#N)C#N)c1. The van der Waals surface area contributed by atoms with Gasteiger partial charge in [0.15, 0.2) is 5.41 Å². The number of benzene rings is 1. The van der Waals surface area contributed by atoms with Gasteiger partial charge in [0.25, 0.3) is 0 Å². The molecule has 7 heteroatoms. The standard InChI is InChI=1S/C20H19N5O2/c1-26-12-3-4-17(27-2)14(7-12)18-16-9-25-6-5-13(16)15(8-21)19(24)20(18,10-22)11-23/h3-5,7,15-16,18,24-25H,6,9H2,1-2H3/t15-,16+,18+/m1/s1. The van der Waals surface area contributed by atoms with Crippen LogP contribution in [0.5, 0.6) is 11.5 Å². The second-order valence-corrected chi connectivity index (χ2v) is 6.56. The number of hydrogen-bond acceptors (Lipinski definition) is 7. The normalized spacial score (nSPS) is 25.8. The van der Waals surface area contributed by atoms with Crippen molar-refractivity contribution in [2.75, 3.05) is 27.3 Å². The van der Waals surface area contributed by atoms with E-state index < -0.39 is 17.3 Å². The lowest BCUT2D eigenvalue weighted by Gasteiger charge is -2.46. The molecule has 0 amide bonds. The van der Waals surface area contributed by atoms with Gasteiger partial charge in [0.05, 0.1) is 38.1 Å². The van der Waals surface area contributed by atoms with Crippen molar-refractivity contribution in [3.8, 4) is 29.7 Å². The molecule has 2 N–H and O–H groups in total. The van der Waals surface area contributed by atoms with E-state index in [0.717, 1.165) is 5.57 Å². The molecule has 0 aromatic heterocycles. The number of hydrogen-bond donors (Lipinski definition) is 2. The Kier molecular flexibility index (Phi) is 4.86. The number of nitrogens with one attached hydrogen (secondary N) is 2. The molecule has 7 nitrogen and oxygen atoms in total. The average molecular weight is 361 g/mol. The van der Waals surface area contributed by atoms with Crippen LogP contribution in [0.1, 0.15) is 11.5 Å². The van der Waals surface area contributed by atoms with Crippen LogP contribution in [0.25, 0.3) is 0 Å². The molecular formula is C20H19N5O2. The van der Waals surface area contributed by atoms with Crippen LogP contribution in [0.15, 0.2) is 29.8 Å². The summed E-state index contributed by atoms with van der Waals surface area (Å²) in [5, 5.41) is 41.5. The van der Waals surface area contributed by atoms with Crippen LogP contribution in [-0.2, 0) is 0 Å². The first-order chi connectivity index (χ1) is 13.1. The van der Waals surface area contributed by atoms with Crippen molar-refractivity contribution in [2.24, 2.45) is 17.3 Å². The van der Waals surface area contributed by atoms with Gasteiger partial charge in [-0.2, -0.15) is 15.8 Å². The van der Waals surface area contributed by atoms with Crippen molar-refractivity contribution >= 4 is 5.71 Å². The molecule has 136 valence electrons. The molecule has 2 aliphatic rings. The van der Waals surface area contributed by atoms with E-state index in [-0.39, 0.29) is 11.6 Å². The zero-order chi connectivity index (χ0) is 19.6. The van der Waals surface area contributed by atoms with Crippen LogP contribution in [0, 0.1) is 56.7 Å². The Morgan fingerprint density at radius 3 is 2.52 bits per heavy atom. The zero-order valence-corrected chi connectivity index (χ0v) is 15.1. The average Bonchev–Trinajstić information content (AvgIpc) is 2.72. The van der Waals surface area contributed by atoms with Crippen LogP contribution in [0.3, 0.4) is 0 Å². The van der Waals surface area contributed by atoms with Crippen LogP contribution < -0.4 is 14.8 Å². The quantitative estimate of drug-likeness (QED) is 0.794. The molecule has 0 radical (unpaired) electrons. The predicted octanol–water partition coefficient (Wildman–Crippen LogP) is 2.14. The summed E-state index contributed by atoms with van der Waals surface area (Å²) in [5.74, 6) is -0.724. The van der Waals surface area contributed by atoms with E-state index in [9.17, 15) is 15.8 Å². The van der Waals surface area contributed by atoms with Gasteiger partial charge in [-0.05, 0) is 23.8 Å². The Hall–Kier alpha value is -3.34. The van der Waals surface area contributed by atoms with Gasteiger partial charge in [-0.25, -0.2) is 0 Å². The molecule has 1 aromatic rings. The molecule has 1 fully saturated rings. The van der Waals surface area contributed by atoms with Gasteiger partial charge in [-0.15, -0.1) is 0 Å². The Morgan fingerprint density at radius 2 is 1.93 bits per heavy atom. The number of nitriles is 3. The summed E-state index contributed by atoms with van der Waals surface area (Å²) in [7, 11) is 3.06. The van der Waals surface area contributed by atoms with Crippen molar-refractivity contribution in [1.82, 2.24) is 5.32 Å². The molecule has 1 saturated carbocycles. The van der Waals surface area contributed by atoms with E-state index in [0.29, 0.717) is 30.2 Å². The Bertz CT molecular complexity index is 917. The van der Waals surface area contributed by atoms with Crippen molar-refractivity contribution in [2.45, 2.75) is 5.92 Å². The van der Waals surface area contributed by atoms with Gasteiger partial charge < -0.3 is 20.2 Å². The summed E-state index contributed by atoms with van der Waals surface area (Å²) in [6, 6.07) is 11.5. The second kappa shape index (κ2) is 7.11. The molecule has 1 aliphatic carbocycles. The van der Waals surface area contributed by atoms with E-state index in [1.54, 1.807) is 18.2 Å². The Labute approximate surface area is 157 Å². The third-order valence-electron chi connectivity index (χ3n) is 5.44. The molecule has 1 aliphatic heterocycles. The summed E-state index contributed by atoms with van der Waals surface area (Å²) in [6.07, 6.45) is 1.90. The molecule has 3 rings (SSSR count). The van der Waals surface area contributed by atoms with Gasteiger partial charge in [-0.1, -0.05) is 6.08 Å². The lowest BCUT2D eigenvalue weighted by molar-refractivity contribution is 0.316. The first-order valence-electron chi connectivity index (χ1n) is 8.51. The zero-order valence-electron chi connectivity index (χ0n) is 15.1. The lowest BCUT2D eigenvalue weighted by atomic mass is 9.54. The molecular weight excluding hydrogens is 342 g/mol. The lowest BCUT2D eigenvalue weighted by Crippen LogP contribution is -2.52. The van der Waals surface area contributed by atoms with Gasteiger partial charge in [0.2, 0.25) is 0 Å². The Balaban J connectivity index is 2.32. The van der Waals surface area contributed by atoms with Crippen LogP contribution in [0.2, 0.25) is 0 Å². The first kappa shape index (κ1) is 18.5. The summed E-state index contributed by atoms with van der Waals surface area (Å²) >= 11 is 0. The Morgan fingerprint density at radius 1 is 1.19 bits per heavy atom. The molecule has 1 aromatic carbocycles. The van der Waals surface area contributed by atoms with Crippen molar-refractivity contribution in [3.63, 3.8) is 0 Å². The minimum absolute atomic E-state index is 0.172. The summed E-state index contributed by atoms with van der Waals surface area (Å²) in [4.78, 5) is 0. The van der Waals surface area contributed by atoms with E-state index in [1.165, 1.54) is 14.2 Å². The summed E-state index contributed by atoms with van der Waals surface area (Å²) in [5.41, 5.74) is -0.520. The monoisotopic (exact) mass is 361 g/mol. The van der Waals surface area contributed by atoms with Crippen molar-refractivity contribution < 1.29 is 9.47 Å². The van der Waals surface area contributed by atoms with Gasteiger partial charge >= 0.3 is 0 Å². The maximum absolute atomic E-state index is 10.0. The highest BCUT2D eigenvalue weighted by Crippen LogP contribution is 2.54. The van der Waals surface area contributed by atoms with Gasteiger partial charge in [0.1, 0.15) is 17.4 Å². The molecule has 0 unspecified atom stereocenters. The minimum atomic E-state index is -1.76. The molecule has 3 atom stereocenters. The number of ether oxygens (including phenoxy) is 2. The van der Waals surface area contributed by atoms with Crippen LogP contribution in [-0.4, -0.2) is 33.0 Å². The first-order valence-corrected chi connectivity index (χ1v) is 8.51. The van der Waals surface area contributed by atoms with E-state index in [2.05, 4.69) is 23.5 Å². The highest BCUT2D eigenvalue weighted by atomic mass is 16.5. The maximum atomic E-state index is 10.0. The highest BCUT2D eigenvalue weighted by Gasteiger charge is 2.57. The van der Waals surface area contributed by atoms with Crippen LogP contribution >= 0.6 is 0 Å². The molecule has 27 heavy (non-hydrogen) atoms. The van der Waals surface area contributed by atoms with Crippen LogP contribution in [0.4, 0.5) is 0 Å². The minimum Gasteiger partial charge on any atom is -0.497 e.